The molecule has 116 valence electrons. The smallest absolute Gasteiger partial charge is 0.348 e. The normalized spacial score (nSPS) is 17.5. The molecule has 0 amide bonds. The van der Waals surface area contributed by atoms with Gasteiger partial charge in [0.25, 0.3) is 0 Å². The number of nitrogens with zero attached hydrogens (tertiary/aromatic N) is 2. The molecular formula is C15H22N2O3S. The van der Waals surface area contributed by atoms with Gasteiger partial charge in [-0.3, -0.25) is 0 Å². The second-order valence-electron chi connectivity index (χ2n) is 5.87. The van der Waals surface area contributed by atoms with E-state index in [0.29, 0.717) is 18.5 Å². The molecule has 5 nitrogen and oxygen atoms in total. The Morgan fingerprint density at radius 2 is 2.14 bits per heavy atom. The van der Waals surface area contributed by atoms with Gasteiger partial charge < -0.3 is 15.1 Å². The molecule has 1 aliphatic rings. The Kier molecular flexibility index (Phi) is 5.00. The van der Waals surface area contributed by atoms with Crippen molar-refractivity contribution in [1.82, 2.24) is 4.90 Å². The first-order valence-electron chi connectivity index (χ1n) is 7.19. The van der Waals surface area contributed by atoms with Crippen molar-refractivity contribution in [2.75, 3.05) is 14.1 Å². The highest BCUT2D eigenvalue weighted by molar-refractivity contribution is 7.14. The zero-order valence-corrected chi connectivity index (χ0v) is 13.3. The van der Waals surface area contributed by atoms with Crippen LogP contribution in [-0.4, -0.2) is 47.1 Å². The van der Waals surface area contributed by atoms with Crippen LogP contribution in [0.25, 0.3) is 0 Å². The van der Waals surface area contributed by atoms with Crippen molar-refractivity contribution < 1.29 is 15.0 Å². The summed E-state index contributed by atoms with van der Waals surface area (Å²) in [7, 11) is 3.68. The molecule has 1 aliphatic carbocycles. The van der Waals surface area contributed by atoms with Crippen LogP contribution >= 0.6 is 11.3 Å². The average molecular weight is 310 g/mol. The second-order valence-corrected chi connectivity index (χ2v) is 7.01. The van der Waals surface area contributed by atoms with E-state index in [4.69, 9.17) is 0 Å². The van der Waals surface area contributed by atoms with Gasteiger partial charge >= 0.3 is 5.97 Å². The van der Waals surface area contributed by atoms with Gasteiger partial charge in [-0.05, 0) is 31.7 Å². The predicted octanol–water partition coefficient (Wildman–Crippen LogP) is 2.91. The first kappa shape index (κ1) is 16.0. The lowest BCUT2D eigenvalue weighted by Gasteiger charge is -2.21. The Morgan fingerprint density at radius 1 is 1.48 bits per heavy atom. The van der Waals surface area contributed by atoms with Crippen LogP contribution in [0, 0.1) is 0 Å². The number of carboxylic acid groups (broad SMARTS) is 1. The minimum absolute atomic E-state index is 0.265. The Hall–Kier alpha value is -1.40. The van der Waals surface area contributed by atoms with Crippen molar-refractivity contribution in [3.05, 3.63) is 15.8 Å². The molecule has 6 heteroatoms. The van der Waals surface area contributed by atoms with Gasteiger partial charge in [-0.1, -0.05) is 12.8 Å². The molecule has 0 aromatic carbocycles. The minimum Gasteiger partial charge on any atom is -0.477 e. The van der Waals surface area contributed by atoms with Crippen LogP contribution in [0.15, 0.2) is 11.1 Å². The molecule has 0 radical (unpaired) electrons. The van der Waals surface area contributed by atoms with Crippen LogP contribution in [0.3, 0.4) is 0 Å². The summed E-state index contributed by atoms with van der Waals surface area (Å²) in [6.07, 6.45) is 6.89. The van der Waals surface area contributed by atoms with E-state index in [1.807, 2.05) is 20.2 Å². The highest BCUT2D eigenvalue weighted by atomic mass is 32.1. The van der Waals surface area contributed by atoms with E-state index in [9.17, 15) is 15.0 Å². The number of aromatic carboxylic acids is 1. The number of hydrogen-bond donors (Lipinski definition) is 2. The van der Waals surface area contributed by atoms with E-state index in [0.717, 1.165) is 30.6 Å². The van der Waals surface area contributed by atoms with Gasteiger partial charge in [0, 0.05) is 19.0 Å². The SMILES string of the molecule is CN(C)C=Nc1cc(CCC2(O)CCCC2)sc1C(=O)O. The Balaban J connectivity index is 2.09. The highest BCUT2D eigenvalue weighted by Gasteiger charge is 2.30. The van der Waals surface area contributed by atoms with Gasteiger partial charge in [0.15, 0.2) is 0 Å². The van der Waals surface area contributed by atoms with Gasteiger partial charge in [0.2, 0.25) is 0 Å². The lowest BCUT2D eigenvalue weighted by atomic mass is 9.96. The quantitative estimate of drug-likeness (QED) is 0.626. The Labute approximate surface area is 128 Å². The molecule has 0 bridgehead atoms. The molecule has 21 heavy (non-hydrogen) atoms. The fourth-order valence-corrected chi connectivity index (χ4v) is 3.56. The molecule has 1 heterocycles. The lowest BCUT2D eigenvalue weighted by molar-refractivity contribution is 0.0393. The number of aliphatic imine (C=N–C) groups is 1. The molecule has 1 aromatic rings. The molecular weight excluding hydrogens is 288 g/mol. The summed E-state index contributed by atoms with van der Waals surface area (Å²) >= 11 is 1.26. The molecule has 1 fully saturated rings. The third-order valence-corrected chi connectivity index (χ3v) is 4.93. The third-order valence-electron chi connectivity index (χ3n) is 3.76. The maximum Gasteiger partial charge on any atom is 0.348 e. The fourth-order valence-electron chi connectivity index (χ4n) is 2.62. The number of carboxylic acids is 1. The van der Waals surface area contributed by atoms with Crippen LogP contribution in [0.1, 0.15) is 46.7 Å². The summed E-state index contributed by atoms with van der Waals surface area (Å²) in [6.45, 7) is 0. The predicted molar refractivity (Wildman–Crippen MR) is 84.9 cm³/mol. The van der Waals surface area contributed by atoms with Gasteiger partial charge in [0.1, 0.15) is 4.88 Å². The average Bonchev–Trinajstić information content (AvgIpc) is 3.01. The van der Waals surface area contributed by atoms with Crippen LogP contribution in [0.4, 0.5) is 5.69 Å². The van der Waals surface area contributed by atoms with Crippen LogP contribution < -0.4 is 0 Å². The fraction of sp³-hybridized carbons (Fsp3) is 0.600. The van der Waals surface area contributed by atoms with Crippen molar-refractivity contribution in [2.24, 2.45) is 4.99 Å². The van der Waals surface area contributed by atoms with Gasteiger partial charge in [-0.25, -0.2) is 9.79 Å². The van der Waals surface area contributed by atoms with E-state index in [1.165, 1.54) is 11.3 Å². The van der Waals surface area contributed by atoms with E-state index >= 15 is 0 Å². The minimum atomic E-state index is -0.947. The van der Waals surface area contributed by atoms with Crippen molar-refractivity contribution in [1.29, 1.82) is 0 Å². The van der Waals surface area contributed by atoms with E-state index in [2.05, 4.69) is 4.99 Å². The van der Waals surface area contributed by atoms with Crippen LogP contribution in [-0.2, 0) is 6.42 Å². The summed E-state index contributed by atoms with van der Waals surface area (Å²) in [5, 5.41) is 19.6. The standard InChI is InChI=1S/C15H22N2O3S/c1-17(2)10-16-12-9-11(21-13(12)14(18)19)5-8-15(20)6-3-4-7-15/h9-10,20H,3-8H2,1-2H3,(H,18,19). The molecule has 0 unspecified atom stereocenters. The van der Waals surface area contributed by atoms with Crippen molar-refractivity contribution in [2.45, 2.75) is 44.1 Å². The monoisotopic (exact) mass is 310 g/mol. The maximum atomic E-state index is 11.3. The summed E-state index contributed by atoms with van der Waals surface area (Å²) in [5.74, 6) is -0.947. The van der Waals surface area contributed by atoms with Gasteiger partial charge in [0.05, 0.1) is 17.6 Å². The largest absolute Gasteiger partial charge is 0.477 e. The van der Waals surface area contributed by atoms with E-state index in [-0.39, 0.29) is 4.88 Å². The van der Waals surface area contributed by atoms with Crippen LogP contribution in [0.2, 0.25) is 0 Å². The maximum absolute atomic E-state index is 11.3. The molecule has 1 aromatic heterocycles. The number of aryl methyl sites for hydroxylation is 1. The first-order chi connectivity index (χ1) is 9.89. The van der Waals surface area contributed by atoms with E-state index < -0.39 is 11.6 Å². The van der Waals surface area contributed by atoms with Gasteiger partial charge in [-0.15, -0.1) is 11.3 Å². The zero-order chi connectivity index (χ0) is 15.5. The summed E-state index contributed by atoms with van der Waals surface area (Å²) in [5.41, 5.74) is -0.0601. The summed E-state index contributed by atoms with van der Waals surface area (Å²) in [4.78, 5) is 18.5. The number of aliphatic hydroxyl groups is 1. The van der Waals surface area contributed by atoms with Crippen molar-refractivity contribution >= 4 is 29.3 Å². The Bertz CT molecular complexity index is 531. The molecule has 0 aliphatic heterocycles. The lowest BCUT2D eigenvalue weighted by Crippen LogP contribution is -2.24. The molecule has 1 saturated carbocycles. The molecule has 0 spiro atoms. The molecule has 2 N–H and O–H groups in total. The number of carbonyl (C=O) groups is 1. The summed E-state index contributed by atoms with van der Waals surface area (Å²) in [6, 6.07) is 1.83. The van der Waals surface area contributed by atoms with E-state index in [1.54, 1.807) is 11.2 Å². The van der Waals surface area contributed by atoms with Crippen molar-refractivity contribution in [3.63, 3.8) is 0 Å². The topological polar surface area (TPSA) is 73.1 Å². The molecule has 0 saturated heterocycles. The summed E-state index contributed by atoms with van der Waals surface area (Å²) < 4.78 is 0. The first-order valence-corrected chi connectivity index (χ1v) is 8.00. The van der Waals surface area contributed by atoms with Gasteiger partial charge in [-0.2, -0.15) is 0 Å². The number of rotatable bonds is 6. The third kappa shape index (κ3) is 4.28. The highest BCUT2D eigenvalue weighted by Crippen LogP contribution is 2.36. The van der Waals surface area contributed by atoms with Crippen LogP contribution in [0.5, 0.6) is 0 Å². The number of hydrogen-bond acceptors (Lipinski definition) is 4. The Morgan fingerprint density at radius 3 is 2.71 bits per heavy atom. The molecule has 2 rings (SSSR count). The van der Waals surface area contributed by atoms with Crippen molar-refractivity contribution in [3.8, 4) is 0 Å². The molecule has 0 atom stereocenters. The zero-order valence-electron chi connectivity index (χ0n) is 12.5. The second kappa shape index (κ2) is 6.58. The number of thiophene rings is 1.